The number of piperidine rings is 1. The first-order valence-electron chi connectivity index (χ1n) is 8.95. The Balaban J connectivity index is 1.83. The molecule has 1 aliphatic heterocycles. The van der Waals surface area contributed by atoms with Gasteiger partial charge >= 0.3 is 0 Å². The highest BCUT2D eigenvalue weighted by atomic mass is 16.6. The average molecular weight is 353 g/mol. The van der Waals surface area contributed by atoms with Gasteiger partial charge in [-0.15, -0.1) is 0 Å². The zero-order valence-corrected chi connectivity index (χ0v) is 14.9. The van der Waals surface area contributed by atoms with Crippen molar-refractivity contribution in [1.29, 1.82) is 0 Å². The number of ketones is 1. The van der Waals surface area contributed by atoms with Crippen LogP contribution in [-0.4, -0.2) is 41.3 Å². The van der Waals surface area contributed by atoms with Crippen molar-refractivity contribution >= 4 is 17.2 Å². The minimum Gasteiger partial charge on any atom is -0.375 e. The standard InChI is InChI=1S/C20H23N3O3/c1-2-22-12-6-9-17(14-22)21-18-11-10-16(13-19(18)23(25)26)20(24)15-7-4-3-5-8-15/h3-5,7-8,10-11,13,17,21H,2,6,9,12,14H2,1H3/t17-/m1/s1. The summed E-state index contributed by atoms with van der Waals surface area (Å²) < 4.78 is 0. The average Bonchev–Trinajstić information content (AvgIpc) is 2.68. The third-order valence-electron chi connectivity index (χ3n) is 4.80. The van der Waals surface area contributed by atoms with Gasteiger partial charge in [-0.25, -0.2) is 0 Å². The van der Waals surface area contributed by atoms with Crippen LogP contribution in [0, 0.1) is 10.1 Å². The van der Waals surface area contributed by atoms with E-state index >= 15 is 0 Å². The summed E-state index contributed by atoms with van der Waals surface area (Å²) in [5.74, 6) is -0.213. The molecule has 2 aromatic carbocycles. The second kappa shape index (κ2) is 8.10. The first kappa shape index (κ1) is 18.1. The van der Waals surface area contributed by atoms with Crippen LogP contribution in [0.4, 0.5) is 11.4 Å². The summed E-state index contributed by atoms with van der Waals surface area (Å²) in [5, 5.41) is 14.8. The van der Waals surface area contributed by atoms with Crippen LogP contribution in [-0.2, 0) is 0 Å². The largest absolute Gasteiger partial charge is 0.375 e. The van der Waals surface area contributed by atoms with Gasteiger partial charge in [0.1, 0.15) is 5.69 Å². The fourth-order valence-corrected chi connectivity index (χ4v) is 3.38. The number of benzene rings is 2. The maximum absolute atomic E-state index is 12.6. The zero-order chi connectivity index (χ0) is 18.5. The van der Waals surface area contributed by atoms with Gasteiger partial charge in [0.05, 0.1) is 4.92 Å². The SMILES string of the molecule is CCN1CCC[C@@H](Nc2ccc(C(=O)c3ccccc3)cc2[N+](=O)[O-])C1. The van der Waals surface area contributed by atoms with Gasteiger partial charge in [0.25, 0.3) is 5.69 Å². The van der Waals surface area contributed by atoms with Gasteiger partial charge < -0.3 is 10.2 Å². The second-order valence-corrected chi connectivity index (χ2v) is 6.56. The molecule has 2 aromatic rings. The van der Waals surface area contributed by atoms with Crippen LogP contribution in [0.5, 0.6) is 0 Å². The van der Waals surface area contributed by atoms with E-state index in [9.17, 15) is 14.9 Å². The lowest BCUT2D eigenvalue weighted by atomic mass is 10.0. The molecule has 0 saturated carbocycles. The molecule has 0 aromatic heterocycles. The summed E-state index contributed by atoms with van der Waals surface area (Å²) in [6.07, 6.45) is 2.06. The maximum atomic E-state index is 12.6. The lowest BCUT2D eigenvalue weighted by Crippen LogP contribution is -2.41. The highest BCUT2D eigenvalue weighted by Gasteiger charge is 2.23. The molecule has 0 amide bonds. The van der Waals surface area contributed by atoms with E-state index in [0.29, 0.717) is 16.8 Å². The number of carbonyl (C=O) groups is 1. The van der Waals surface area contributed by atoms with Gasteiger partial charge in [-0.1, -0.05) is 37.3 Å². The Morgan fingerprint density at radius 1 is 1.23 bits per heavy atom. The number of rotatable bonds is 6. The number of nitro groups is 1. The molecule has 1 fully saturated rings. The minimum absolute atomic E-state index is 0.0552. The van der Waals surface area contributed by atoms with Crippen LogP contribution in [0.25, 0.3) is 0 Å². The molecule has 1 N–H and O–H groups in total. The highest BCUT2D eigenvalue weighted by Crippen LogP contribution is 2.28. The Morgan fingerprint density at radius 3 is 2.69 bits per heavy atom. The second-order valence-electron chi connectivity index (χ2n) is 6.56. The lowest BCUT2D eigenvalue weighted by Gasteiger charge is -2.32. The van der Waals surface area contributed by atoms with Crippen molar-refractivity contribution < 1.29 is 9.72 Å². The molecular weight excluding hydrogens is 330 g/mol. The van der Waals surface area contributed by atoms with Crippen molar-refractivity contribution in [3.05, 3.63) is 69.8 Å². The Labute approximate surface area is 153 Å². The van der Waals surface area contributed by atoms with Crippen LogP contribution in [0.3, 0.4) is 0 Å². The van der Waals surface area contributed by atoms with E-state index in [-0.39, 0.29) is 17.5 Å². The summed E-state index contributed by atoms with van der Waals surface area (Å²) in [5.41, 5.74) is 1.27. The van der Waals surface area contributed by atoms with Crippen molar-refractivity contribution in [1.82, 2.24) is 4.90 Å². The van der Waals surface area contributed by atoms with Gasteiger partial charge in [-0.3, -0.25) is 14.9 Å². The minimum atomic E-state index is -0.426. The summed E-state index contributed by atoms with van der Waals surface area (Å²) in [6, 6.07) is 13.7. The fraction of sp³-hybridized carbons (Fsp3) is 0.350. The summed E-state index contributed by atoms with van der Waals surface area (Å²) >= 11 is 0. The molecule has 0 bridgehead atoms. The zero-order valence-electron chi connectivity index (χ0n) is 14.9. The number of nitrogens with zero attached hydrogens (tertiary/aromatic N) is 2. The number of carbonyl (C=O) groups excluding carboxylic acids is 1. The van der Waals surface area contributed by atoms with Crippen molar-refractivity contribution in [3.63, 3.8) is 0 Å². The molecule has 6 nitrogen and oxygen atoms in total. The summed E-state index contributed by atoms with van der Waals surface area (Å²) in [4.78, 5) is 26.0. The topological polar surface area (TPSA) is 75.5 Å². The number of likely N-dealkylation sites (tertiary alicyclic amines) is 1. The smallest absolute Gasteiger partial charge is 0.293 e. The molecule has 1 aliphatic rings. The number of hydrogen-bond acceptors (Lipinski definition) is 5. The first-order chi connectivity index (χ1) is 12.6. The number of hydrogen-bond donors (Lipinski definition) is 1. The number of likely N-dealkylation sites (N-methyl/N-ethyl adjacent to an activating group) is 1. The Bertz CT molecular complexity index is 792. The monoisotopic (exact) mass is 353 g/mol. The van der Waals surface area contributed by atoms with Crippen LogP contribution < -0.4 is 5.32 Å². The van der Waals surface area contributed by atoms with Crippen molar-refractivity contribution in [3.8, 4) is 0 Å². The molecule has 1 heterocycles. The van der Waals surface area contributed by atoms with Crippen molar-refractivity contribution in [2.24, 2.45) is 0 Å². The lowest BCUT2D eigenvalue weighted by molar-refractivity contribution is -0.384. The van der Waals surface area contributed by atoms with Crippen LogP contribution in [0.1, 0.15) is 35.7 Å². The number of anilines is 1. The van der Waals surface area contributed by atoms with Gasteiger partial charge in [-0.2, -0.15) is 0 Å². The molecule has 1 atom stereocenters. The normalized spacial score (nSPS) is 17.7. The molecule has 3 rings (SSSR count). The molecule has 6 heteroatoms. The molecule has 0 aliphatic carbocycles. The first-order valence-corrected chi connectivity index (χ1v) is 8.95. The Kier molecular flexibility index (Phi) is 5.63. The molecular formula is C20H23N3O3. The number of nitro benzene ring substituents is 1. The fourth-order valence-electron chi connectivity index (χ4n) is 3.38. The van der Waals surface area contributed by atoms with Gasteiger partial charge in [0.2, 0.25) is 0 Å². The van der Waals surface area contributed by atoms with E-state index in [1.54, 1.807) is 36.4 Å². The van der Waals surface area contributed by atoms with E-state index in [1.807, 2.05) is 6.07 Å². The van der Waals surface area contributed by atoms with Crippen LogP contribution >= 0.6 is 0 Å². The third-order valence-corrected chi connectivity index (χ3v) is 4.80. The molecule has 0 spiro atoms. The van der Waals surface area contributed by atoms with E-state index in [4.69, 9.17) is 0 Å². The van der Waals surface area contributed by atoms with Crippen LogP contribution in [0.15, 0.2) is 48.5 Å². The molecule has 0 unspecified atom stereocenters. The van der Waals surface area contributed by atoms with Gasteiger partial charge in [-0.05, 0) is 38.1 Å². The summed E-state index contributed by atoms with van der Waals surface area (Å²) in [7, 11) is 0. The van der Waals surface area contributed by atoms with E-state index in [0.717, 1.165) is 32.5 Å². The molecule has 1 saturated heterocycles. The maximum Gasteiger partial charge on any atom is 0.293 e. The predicted octanol–water partition coefficient (Wildman–Crippen LogP) is 3.72. The van der Waals surface area contributed by atoms with Crippen LogP contribution in [0.2, 0.25) is 0 Å². The molecule has 136 valence electrons. The Hall–Kier alpha value is -2.73. The van der Waals surface area contributed by atoms with Gasteiger partial charge in [0, 0.05) is 29.8 Å². The summed E-state index contributed by atoms with van der Waals surface area (Å²) in [6.45, 7) is 5.04. The van der Waals surface area contributed by atoms with E-state index in [1.165, 1.54) is 6.07 Å². The van der Waals surface area contributed by atoms with Crippen molar-refractivity contribution in [2.75, 3.05) is 25.0 Å². The quantitative estimate of drug-likeness (QED) is 0.487. The van der Waals surface area contributed by atoms with E-state index < -0.39 is 4.92 Å². The van der Waals surface area contributed by atoms with E-state index in [2.05, 4.69) is 17.1 Å². The third kappa shape index (κ3) is 4.08. The molecule has 0 radical (unpaired) electrons. The van der Waals surface area contributed by atoms with Crippen molar-refractivity contribution in [2.45, 2.75) is 25.8 Å². The molecule has 26 heavy (non-hydrogen) atoms. The Morgan fingerprint density at radius 2 is 2.00 bits per heavy atom. The van der Waals surface area contributed by atoms with Gasteiger partial charge in [0.15, 0.2) is 5.78 Å². The predicted molar refractivity (Wildman–Crippen MR) is 102 cm³/mol. The number of nitrogens with one attached hydrogen (secondary N) is 1. The highest BCUT2D eigenvalue weighted by molar-refractivity contribution is 6.09.